The molecule has 2 aromatic rings. The summed E-state index contributed by atoms with van der Waals surface area (Å²) in [6.45, 7) is 0.171. The number of carbonyl (C=O) groups excluding carboxylic acids is 1. The molecule has 2 rings (SSSR count). The Morgan fingerprint density at radius 2 is 2.35 bits per heavy atom. The number of furan rings is 1. The average Bonchev–Trinajstić information content (AvgIpc) is 2.80. The molecule has 0 saturated heterocycles. The first-order chi connectivity index (χ1) is 8.16. The molecule has 0 unspecified atom stereocenters. The quantitative estimate of drug-likeness (QED) is 0.817. The largest absolute Gasteiger partial charge is 0.469 e. The van der Waals surface area contributed by atoms with E-state index in [4.69, 9.17) is 20.6 Å². The molecule has 0 aromatic carbocycles. The summed E-state index contributed by atoms with van der Waals surface area (Å²) in [6.07, 6.45) is 2.92. The van der Waals surface area contributed by atoms with Crippen molar-refractivity contribution in [3.8, 4) is 5.88 Å². The molecule has 6 heteroatoms. The molecule has 88 valence electrons. The number of anilines is 1. The summed E-state index contributed by atoms with van der Waals surface area (Å²) in [5, 5.41) is 0. The van der Waals surface area contributed by atoms with E-state index >= 15 is 0 Å². The van der Waals surface area contributed by atoms with Crippen LogP contribution in [0.1, 0.15) is 16.1 Å². The van der Waals surface area contributed by atoms with Crippen molar-refractivity contribution in [2.45, 2.75) is 6.61 Å². The molecule has 0 aliphatic carbocycles. The van der Waals surface area contributed by atoms with Gasteiger partial charge in [-0.2, -0.15) is 0 Å². The molecule has 2 aromatic heterocycles. The third kappa shape index (κ3) is 2.54. The Kier molecular flexibility index (Phi) is 2.95. The molecule has 0 bridgehead atoms. The van der Waals surface area contributed by atoms with Gasteiger partial charge in [-0.3, -0.25) is 4.79 Å². The van der Waals surface area contributed by atoms with Crippen LogP contribution in [0.25, 0.3) is 0 Å². The lowest BCUT2D eigenvalue weighted by Gasteiger charge is -2.07. The third-order valence-corrected chi connectivity index (χ3v) is 2.07. The summed E-state index contributed by atoms with van der Waals surface area (Å²) in [5.41, 5.74) is 11.2. The fraction of sp³-hybridized carbons (Fsp3) is 0.0909. The maximum Gasteiger partial charge on any atom is 0.254 e. The second-order valence-electron chi connectivity index (χ2n) is 3.35. The molecule has 0 radical (unpaired) electrons. The van der Waals surface area contributed by atoms with E-state index in [1.807, 2.05) is 0 Å². The Balaban J connectivity index is 2.17. The van der Waals surface area contributed by atoms with Crippen molar-refractivity contribution in [1.82, 2.24) is 4.98 Å². The molecule has 0 aliphatic heterocycles. The Hall–Kier alpha value is -2.50. The summed E-state index contributed by atoms with van der Waals surface area (Å²) in [6, 6.07) is 4.91. The monoisotopic (exact) mass is 233 g/mol. The lowest BCUT2D eigenvalue weighted by molar-refractivity contribution is 0.0994. The van der Waals surface area contributed by atoms with Gasteiger partial charge in [-0.1, -0.05) is 0 Å². The SMILES string of the molecule is NC(=O)c1cc(N)cnc1OCc1ccco1. The van der Waals surface area contributed by atoms with Gasteiger partial charge in [-0.05, 0) is 18.2 Å². The number of amides is 1. The first-order valence-electron chi connectivity index (χ1n) is 4.87. The van der Waals surface area contributed by atoms with Crippen LogP contribution < -0.4 is 16.2 Å². The van der Waals surface area contributed by atoms with Gasteiger partial charge in [0.1, 0.15) is 17.9 Å². The van der Waals surface area contributed by atoms with Crippen molar-refractivity contribution in [2.75, 3.05) is 5.73 Å². The van der Waals surface area contributed by atoms with Gasteiger partial charge in [-0.25, -0.2) is 4.98 Å². The topological polar surface area (TPSA) is 104 Å². The van der Waals surface area contributed by atoms with Crippen LogP contribution >= 0.6 is 0 Å². The van der Waals surface area contributed by atoms with Crippen molar-refractivity contribution >= 4 is 11.6 Å². The van der Waals surface area contributed by atoms with Crippen LogP contribution in [0.3, 0.4) is 0 Å². The number of pyridine rings is 1. The van der Waals surface area contributed by atoms with Crippen LogP contribution in [0.15, 0.2) is 35.1 Å². The first-order valence-corrected chi connectivity index (χ1v) is 4.87. The average molecular weight is 233 g/mol. The van der Waals surface area contributed by atoms with Crippen molar-refractivity contribution in [1.29, 1.82) is 0 Å². The van der Waals surface area contributed by atoms with Gasteiger partial charge in [0.05, 0.1) is 18.1 Å². The molecule has 0 atom stereocenters. The van der Waals surface area contributed by atoms with Crippen molar-refractivity contribution < 1.29 is 13.9 Å². The Labute approximate surface area is 97.2 Å². The minimum atomic E-state index is -0.640. The van der Waals surface area contributed by atoms with E-state index in [1.165, 1.54) is 18.5 Å². The summed E-state index contributed by atoms with van der Waals surface area (Å²) in [5.74, 6) is 0.126. The van der Waals surface area contributed by atoms with E-state index in [1.54, 1.807) is 12.1 Å². The molecule has 0 fully saturated rings. The smallest absolute Gasteiger partial charge is 0.254 e. The lowest BCUT2D eigenvalue weighted by Crippen LogP contribution is -2.14. The molecular formula is C11H11N3O3. The normalized spacial score (nSPS) is 10.1. The third-order valence-electron chi connectivity index (χ3n) is 2.07. The van der Waals surface area contributed by atoms with Crippen LogP contribution in [0.4, 0.5) is 5.69 Å². The van der Waals surface area contributed by atoms with Crippen LogP contribution in [-0.4, -0.2) is 10.9 Å². The molecule has 2 heterocycles. The van der Waals surface area contributed by atoms with Crippen molar-refractivity contribution in [3.63, 3.8) is 0 Å². The zero-order valence-corrected chi connectivity index (χ0v) is 8.92. The predicted molar refractivity (Wildman–Crippen MR) is 60.2 cm³/mol. The zero-order chi connectivity index (χ0) is 12.3. The molecule has 6 nitrogen and oxygen atoms in total. The zero-order valence-electron chi connectivity index (χ0n) is 8.92. The predicted octanol–water partition coefficient (Wildman–Crippen LogP) is 0.935. The number of hydrogen-bond acceptors (Lipinski definition) is 5. The number of ether oxygens (including phenoxy) is 1. The van der Waals surface area contributed by atoms with Crippen LogP contribution in [-0.2, 0) is 6.61 Å². The van der Waals surface area contributed by atoms with Crippen LogP contribution in [0.2, 0.25) is 0 Å². The number of carbonyl (C=O) groups is 1. The van der Waals surface area contributed by atoms with E-state index in [2.05, 4.69) is 4.98 Å². The number of aromatic nitrogens is 1. The number of nitrogen functional groups attached to an aromatic ring is 1. The molecule has 0 saturated carbocycles. The van der Waals surface area contributed by atoms with Gasteiger partial charge in [0.15, 0.2) is 0 Å². The maximum absolute atomic E-state index is 11.2. The fourth-order valence-corrected chi connectivity index (χ4v) is 1.29. The molecule has 17 heavy (non-hydrogen) atoms. The van der Waals surface area contributed by atoms with Gasteiger partial charge in [-0.15, -0.1) is 0 Å². The van der Waals surface area contributed by atoms with Crippen LogP contribution in [0, 0.1) is 0 Å². The summed E-state index contributed by atoms with van der Waals surface area (Å²) < 4.78 is 10.4. The summed E-state index contributed by atoms with van der Waals surface area (Å²) in [4.78, 5) is 15.1. The Morgan fingerprint density at radius 1 is 1.53 bits per heavy atom. The van der Waals surface area contributed by atoms with Crippen molar-refractivity contribution in [3.05, 3.63) is 42.0 Å². The second kappa shape index (κ2) is 4.56. The molecule has 0 aliphatic rings. The van der Waals surface area contributed by atoms with Gasteiger partial charge >= 0.3 is 0 Å². The molecular weight excluding hydrogens is 222 g/mol. The second-order valence-corrected chi connectivity index (χ2v) is 3.35. The maximum atomic E-state index is 11.2. The number of nitrogens with zero attached hydrogens (tertiary/aromatic N) is 1. The Bertz CT molecular complexity index is 523. The number of rotatable bonds is 4. The number of primary amides is 1. The van der Waals surface area contributed by atoms with Gasteiger partial charge in [0.2, 0.25) is 5.88 Å². The minimum absolute atomic E-state index is 0.142. The van der Waals surface area contributed by atoms with E-state index in [-0.39, 0.29) is 18.1 Å². The highest BCUT2D eigenvalue weighted by molar-refractivity contribution is 5.95. The molecule has 0 spiro atoms. The summed E-state index contributed by atoms with van der Waals surface area (Å²) >= 11 is 0. The standard InChI is InChI=1S/C11H11N3O3/c12-7-4-9(10(13)15)11(14-5-7)17-6-8-2-1-3-16-8/h1-5H,6,12H2,(H2,13,15). The van der Waals surface area contributed by atoms with E-state index in [0.29, 0.717) is 11.4 Å². The highest BCUT2D eigenvalue weighted by atomic mass is 16.5. The van der Waals surface area contributed by atoms with Crippen molar-refractivity contribution in [2.24, 2.45) is 5.73 Å². The summed E-state index contributed by atoms with van der Waals surface area (Å²) in [7, 11) is 0. The number of nitrogens with two attached hydrogens (primary N) is 2. The highest BCUT2D eigenvalue weighted by Crippen LogP contribution is 2.18. The Morgan fingerprint density at radius 3 is 3.00 bits per heavy atom. The van der Waals surface area contributed by atoms with Gasteiger partial charge < -0.3 is 20.6 Å². The minimum Gasteiger partial charge on any atom is -0.469 e. The van der Waals surface area contributed by atoms with E-state index in [0.717, 1.165) is 0 Å². The van der Waals surface area contributed by atoms with Crippen LogP contribution in [0.5, 0.6) is 5.88 Å². The number of hydrogen-bond donors (Lipinski definition) is 2. The lowest BCUT2D eigenvalue weighted by atomic mass is 10.2. The van der Waals surface area contributed by atoms with Gasteiger partial charge in [0, 0.05) is 0 Å². The van der Waals surface area contributed by atoms with E-state index < -0.39 is 5.91 Å². The van der Waals surface area contributed by atoms with E-state index in [9.17, 15) is 4.79 Å². The highest BCUT2D eigenvalue weighted by Gasteiger charge is 2.12. The molecule has 1 amide bonds. The van der Waals surface area contributed by atoms with Gasteiger partial charge in [0.25, 0.3) is 5.91 Å². The molecule has 4 N–H and O–H groups in total. The fourth-order valence-electron chi connectivity index (χ4n) is 1.29. The first kappa shape index (κ1) is 11.0.